The van der Waals surface area contributed by atoms with Crippen LogP contribution in [0, 0.1) is 13.8 Å². The summed E-state index contributed by atoms with van der Waals surface area (Å²) in [5.74, 6) is 2.02. The number of rotatable bonds is 6. The maximum atomic E-state index is 11.8. The highest BCUT2D eigenvalue weighted by Gasteiger charge is 2.23. The molecule has 0 radical (unpaired) electrons. The number of carbonyl (C=O) groups excluding carboxylic acids is 1. The van der Waals surface area contributed by atoms with E-state index in [1.54, 1.807) is 12.0 Å². The molecule has 8 nitrogen and oxygen atoms in total. The molecule has 0 saturated carbocycles. The summed E-state index contributed by atoms with van der Waals surface area (Å²) >= 11 is 0. The van der Waals surface area contributed by atoms with E-state index in [2.05, 4.69) is 20.6 Å². The first-order chi connectivity index (χ1) is 14.0. The fraction of sp³-hybridized carbons (Fsp3) is 0.476. The molecule has 1 aromatic carbocycles. The molecule has 2 heterocycles. The zero-order chi connectivity index (χ0) is 20.8. The Kier molecular flexibility index (Phi) is 6.74. The lowest BCUT2D eigenvalue weighted by atomic mass is 10.1. The smallest absolute Gasteiger partial charge is 0.409 e. The highest BCUT2D eigenvalue weighted by molar-refractivity contribution is 5.67. The fourth-order valence-electron chi connectivity index (χ4n) is 3.37. The third kappa shape index (κ3) is 5.49. The van der Waals surface area contributed by atoms with Crippen molar-refractivity contribution in [2.24, 2.45) is 0 Å². The van der Waals surface area contributed by atoms with Gasteiger partial charge in [0, 0.05) is 30.9 Å². The predicted molar refractivity (Wildman–Crippen MR) is 113 cm³/mol. The Labute approximate surface area is 171 Å². The van der Waals surface area contributed by atoms with Crippen LogP contribution < -0.4 is 15.4 Å². The summed E-state index contributed by atoms with van der Waals surface area (Å²) in [7, 11) is 1.64. The van der Waals surface area contributed by atoms with Crippen LogP contribution in [0.15, 0.2) is 24.3 Å². The number of methoxy groups -OCH3 is 1. The molecular formula is C21H29N5O3. The average Bonchev–Trinajstić information content (AvgIpc) is 2.68. The van der Waals surface area contributed by atoms with E-state index in [1.807, 2.05) is 45.0 Å². The van der Waals surface area contributed by atoms with E-state index in [4.69, 9.17) is 9.47 Å². The first-order valence-corrected chi connectivity index (χ1v) is 9.94. The van der Waals surface area contributed by atoms with Crippen molar-refractivity contribution >= 4 is 23.5 Å². The molecule has 1 aliphatic rings. The van der Waals surface area contributed by atoms with Crippen LogP contribution in [0.2, 0.25) is 0 Å². The van der Waals surface area contributed by atoms with Crippen LogP contribution in [0.4, 0.5) is 22.2 Å². The Hall–Kier alpha value is -3.03. The Morgan fingerprint density at radius 2 is 1.97 bits per heavy atom. The zero-order valence-corrected chi connectivity index (χ0v) is 17.5. The minimum atomic E-state index is -0.234. The number of hydrogen-bond acceptors (Lipinski definition) is 7. The number of amides is 1. The second kappa shape index (κ2) is 9.45. The number of ether oxygens (including phenoxy) is 2. The number of hydrogen-bond donors (Lipinski definition) is 2. The normalized spacial score (nSPS) is 14.4. The van der Waals surface area contributed by atoms with Gasteiger partial charge in [-0.25, -0.2) is 9.78 Å². The van der Waals surface area contributed by atoms with Crippen LogP contribution in [0.25, 0.3) is 0 Å². The van der Waals surface area contributed by atoms with Gasteiger partial charge in [-0.05, 0) is 51.3 Å². The summed E-state index contributed by atoms with van der Waals surface area (Å²) in [6, 6.07) is 8.09. The molecule has 0 aliphatic carbocycles. The number of carbonyl (C=O) groups is 1. The molecule has 0 spiro atoms. The first-order valence-electron chi connectivity index (χ1n) is 9.94. The third-order valence-corrected chi connectivity index (χ3v) is 4.83. The van der Waals surface area contributed by atoms with Crippen molar-refractivity contribution in [2.75, 3.05) is 37.4 Å². The van der Waals surface area contributed by atoms with E-state index in [0.29, 0.717) is 25.6 Å². The van der Waals surface area contributed by atoms with E-state index < -0.39 is 0 Å². The van der Waals surface area contributed by atoms with Gasteiger partial charge in [-0.15, -0.1) is 0 Å². The summed E-state index contributed by atoms with van der Waals surface area (Å²) in [4.78, 5) is 22.7. The Morgan fingerprint density at radius 1 is 1.21 bits per heavy atom. The molecule has 0 unspecified atom stereocenters. The maximum absolute atomic E-state index is 11.8. The zero-order valence-electron chi connectivity index (χ0n) is 17.5. The number of piperidine rings is 1. The van der Waals surface area contributed by atoms with E-state index in [-0.39, 0.29) is 12.1 Å². The number of likely N-dealkylation sites (tertiary alicyclic amines) is 1. The molecule has 1 saturated heterocycles. The Morgan fingerprint density at radius 3 is 2.66 bits per heavy atom. The van der Waals surface area contributed by atoms with Crippen molar-refractivity contribution in [1.29, 1.82) is 0 Å². The Balaban J connectivity index is 1.66. The van der Waals surface area contributed by atoms with Gasteiger partial charge in [0.1, 0.15) is 11.6 Å². The molecule has 1 aromatic heterocycles. The van der Waals surface area contributed by atoms with Gasteiger partial charge in [-0.3, -0.25) is 0 Å². The summed E-state index contributed by atoms with van der Waals surface area (Å²) < 4.78 is 10.5. The van der Waals surface area contributed by atoms with Gasteiger partial charge in [0.05, 0.1) is 19.4 Å². The van der Waals surface area contributed by atoms with Crippen LogP contribution in [0.3, 0.4) is 0 Å². The highest BCUT2D eigenvalue weighted by atomic mass is 16.6. The van der Waals surface area contributed by atoms with E-state index in [9.17, 15) is 4.79 Å². The SMILES string of the molecule is CCOC(=O)N1CCC(Nc2cc(C)nc(Nc3cc(C)ccc3OC)n2)CC1. The quantitative estimate of drug-likeness (QED) is 0.762. The lowest BCUT2D eigenvalue weighted by molar-refractivity contribution is 0.0983. The molecule has 0 atom stereocenters. The largest absolute Gasteiger partial charge is 0.495 e. The van der Waals surface area contributed by atoms with Gasteiger partial charge in [0.25, 0.3) is 0 Å². The lowest BCUT2D eigenvalue weighted by Gasteiger charge is -2.31. The molecule has 156 valence electrons. The number of benzene rings is 1. The van der Waals surface area contributed by atoms with Crippen molar-refractivity contribution in [3.8, 4) is 5.75 Å². The van der Waals surface area contributed by atoms with Crippen molar-refractivity contribution in [3.05, 3.63) is 35.5 Å². The fourth-order valence-corrected chi connectivity index (χ4v) is 3.37. The number of nitrogens with zero attached hydrogens (tertiary/aromatic N) is 3. The van der Waals surface area contributed by atoms with Crippen molar-refractivity contribution in [2.45, 2.75) is 39.7 Å². The molecule has 2 N–H and O–H groups in total. The van der Waals surface area contributed by atoms with Crippen molar-refractivity contribution < 1.29 is 14.3 Å². The summed E-state index contributed by atoms with van der Waals surface area (Å²) in [5.41, 5.74) is 2.81. The van der Waals surface area contributed by atoms with Crippen LogP contribution in [-0.4, -0.2) is 53.8 Å². The number of anilines is 3. The van der Waals surface area contributed by atoms with Gasteiger partial charge in [-0.1, -0.05) is 6.07 Å². The molecule has 8 heteroatoms. The van der Waals surface area contributed by atoms with Gasteiger partial charge in [-0.2, -0.15) is 4.98 Å². The van der Waals surface area contributed by atoms with Gasteiger partial charge < -0.3 is 25.0 Å². The topological polar surface area (TPSA) is 88.6 Å². The van der Waals surface area contributed by atoms with Crippen LogP contribution >= 0.6 is 0 Å². The molecule has 2 aromatic rings. The minimum absolute atomic E-state index is 0.234. The predicted octanol–water partition coefficient (Wildman–Crippen LogP) is 3.88. The monoisotopic (exact) mass is 399 g/mol. The number of aromatic nitrogens is 2. The minimum Gasteiger partial charge on any atom is -0.495 e. The molecule has 3 rings (SSSR count). The molecule has 29 heavy (non-hydrogen) atoms. The molecular weight excluding hydrogens is 370 g/mol. The Bertz CT molecular complexity index is 850. The maximum Gasteiger partial charge on any atom is 0.409 e. The van der Waals surface area contributed by atoms with E-state index >= 15 is 0 Å². The summed E-state index contributed by atoms with van der Waals surface area (Å²) in [6.07, 6.45) is 1.45. The van der Waals surface area contributed by atoms with Gasteiger partial charge in [0.15, 0.2) is 0 Å². The van der Waals surface area contributed by atoms with Gasteiger partial charge >= 0.3 is 6.09 Å². The van der Waals surface area contributed by atoms with Crippen molar-refractivity contribution in [1.82, 2.24) is 14.9 Å². The molecule has 1 fully saturated rings. The number of nitrogens with one attached hydrogen (secondary N) is 2. The second-order valence-electron chi connectivity index (χ2n) is 7.15. The lowest BCUT2D eigenvalue weighted by Crippen LogP contribution is -2.42. The number of aryl methyl sites for hydroxylation is 2. The first kappa shape index (κ1) is 20.7. The molecule has 1 amide bonds. The standard InChI is InChI=1S/C21H29N5O3/c1-5-29-21(27)26-10-8-16(9-11-26)23-19-13-15(3)22-20(25-19)24-17-12-14(2)6-7-18(17)28-4/h6-7,12-13,16H,5,8-11H2,1-4H3,(H2,22,23,24,25). The molecule has 1 aliphatic heterocycles. The van der Waals surface area contributed by atoms with Crippen molar-refractivity contribution in [3.63, 3.8) is 0 Å². The average molecular weight is 399 g/mol. The van der Waals surface area contributed by atoms with E-state index in [1.165, 1.54) is 0 Å². The highest BCUT2D eigenvalue weighted by Crippen LogP contribution is 2.28. The van der Waals surface area contributed by atoms with Crippen LogP contribution in [0.1, 0.15) is 31.0 Å². The van der Waals surface area contributed by atoms with Gasteiger partial charge in [0.2, 0.25) is 5.95 Å². The third-order valence-electron chi connectivity index (χ3n) is 4.83. The summed E-state index contributed by atoms with van der Waals surface area (Å²) in [5, 5.41) is 6.74. The van der Waals surface area contributed by atoms with E-state index in [0.717, 1.165) is 41.4 Å². The van der Waals surface area contributed by atoms with Crippen LogP contribution in [-0.2, 0) is 4.74 Å². The molecule has 0 bridgehead atoms. The second-order valence-corrected chi connectivity index (χ2v) is 7.15. The summed E-state index contributed by atoms with van der Waals surface area (Å²) in [6.45, 7) is 7.53. The van der Waals surface area contributed by atoms with Crippen LogP contribution in [0.5, 0.6) is 5.75 Å².